The fraction of sp³-hybridized carbons (Fsp3) is 0.125. The molecule has 1 aromatic carbocycles. The lowest BCUT2D eigenvalue weighted by molar-refractivity contribution is -0.384. The summed E-state index contributed by atoms with van der Waals surface area (Å²) in [5.74, 6) is 0. The van der Waals surface area contributed by atoms with E-state index in [2.05, 4.69) is 0 Å². The summed E-state index contributed by atoms with van der Waals surface area (Å²) in [6.45, 7) is 1.62. The number of nitrogens with zero attached hydrogens (tertiary/aromatic N) is 2. The Hall–Kier alpha value is -1.60. The van der Waals surface area contributed by atoms with Crippen molar-refractivity contribution in [2.45, 2.75) is 6.92 Å². The van der Waals surface area contributed by atoms with Crippen LogP contribution in [0.25, 0.3) is 0 Å². The minimum atomic E-state index is -0.551. The zero-order valence-electron chi connectivity index (χ0n) is 6.74. The first-order valence-electron chi connectivity index (χ1n) is 3.41. The zero-order chi connectivity index (χ0) is 10.0. The molecule has 0 bridgehead atoms. The third-order valence-electron chi connectivity index (χ3n) is 1.57. The summed E-state index contributed by atoms with van der Waals surface area (Å²) in [4.78, 5) is 9.83. The van der Waals surface area contributed by atoms with Crippen molar-refractivity contribution in [3.8, 4) is 6.07 Å². The molecule has 0 unspecified atom stereocenters. The van der Waals surface area contributed by atoms with Crippen LogP contribution in [0.2, 0.25) is 5.02 Å². The largest absolute Gasteiger partial charge is 0.271 e. The quantitative estimate of drug-likeness (QED) is 0.512. The Labute approximate surface area is 79.5 Å². The Morgan fingerprint density at radius 1 is 1.62 bits per heavy atom. The Morgan fingerprint density at radius 3 is 2.69 bits per heavy atom. The van der Waals surface area contributed by atoms with Gasteiger partial charge in [-0.3, -0.25) is 10.1 Å². The number of rotatable bonds is 1. The van der Waals surface area contributed by atoms with Gasteiger partial charge in [-0.1, -0.05) is 11.6 Å². The molecule has 0 heterocycles. The minimum Gasteiger partial charge on any atom is -0.258 e. The van der Waals surface area contributed by atoms with E-state index in [0.29, 0.717) is 5.56 Å². The first kappa shape index (κ1) is 9.49. The van der Waals surface area contributed by atoms with Crippen molar-refractivity contribution in [3.63, 3.8) is 0 Å². The molecule has 0 N–H and O–H groups in total. The lowest BCUT2D eigenvalue weighted by atomic mass is 10.1. The summed E-state index contributed by atoms with van der Waals surface area (Å²) in [5, 5.41) is 19.2. The van der Waals surface area contributed by atoms with E-state index in [4.69, 9.17) is 16.9 Å². The molecule has 0 spiro atoms. The summed E-state index contributed by atoms with van der Waals surface area (Å²) in [6, 6.07) is 4.29. The number of nitro benzene ring substituents is 1. The van der Waals surface area contributed by atoms with E-state index in [1.807, 2.05) is 0 Å². The van der Waals surface area contributed by atoms with Crippen LogP contribution in [0, 0.1) is 28.4 Å². The molecule has 0 aromatic heterocycles. The van der Waals surface area contributed by atoms with Gasteiger partial charge in [0.05, 0.1) is 15.5 Å². The van der Waals surface area contributed by atoms with Gasteiger partial charge in [-0.05, 0) is 12.5 Å². The van der Waals surface area contributed by atoms with E-state index in [1.165, 1.54) is 6.07 Å². The Kier molecular flexibility index (Phi) is 2.49. The third-order valence-corrected chi connectivity index (χ3v) is 2.07. The molecule has 1 rings (SSSR count). The van der Waals surface area contributed by atoms with Gasteiger partial charge in [-0.25, -0.2) is 0 Å². The first-order valence-corrected chi connectivity index (χ1v) is 3.78. The summed E-state index contributed by atoms with van der Waals surface area (Å²) < 4.78 is 0. The standard InChI is InChI=1S/C8H5ClN2O2/c1-5-2-7(11(12)13)3-6(4-10)8(5)9/h2-3H,1H3. The topological polar surface area (TPSA) is 66.9 Å². The van der Waals surface area contributed by atoms with Gasteiger partial charge in [0, 0.05) is 12.1 Å². The molecular weight excluding hydrogens is 192 g/mol. The molecule has 0 aliphatic heterocycles. The number of nitriles is 1. The minimum absolute atomic E-state index is 0.113. The highest BCUT2D eigenvalue weighted by Gasteiger charge is 2.12. The predicted octanol–water partition coefficient (Wildman–Crippen LogP) is 2.43. The summed E-state index contributed by atoms with van der Waals surface area (Å²) in [7, 11) is 0. The van der Waals surface area contributed by atoms with E-state index in [9.17, 15) is 10.1 Å². The van der Waals surface area contributed by atoms with Gasteiger partial charge in [0.25, 0.3) is 5.69 Å². The van der Waals surface area contributed by atoms with Crippen molar-refractivity contribution in [3.05, 3.63) is 38.4 Å². The van der Waals surface area contributed by atoms with Crippen LogP contribution in [0.3, 0.4) is 0 Å². The average molecular weight is 197 g/mol. The predicted molar refractivity (Wildman–Crippen MR) is 47.6 cm³/mol. The Bertz CT molecular complexity index is 409. The highest BCUT2D eigenvalue weighted by Crippen LogP contribution is 2.25. The smallest absolute Gasteiger partial charge is 0.258 e. The first-order chi connectivity index (χ1) is 6.06. The monoisotopic (exact) mass is 196 g/mol. The second kappa shape index (κ2) is 3.42. The lowest BCUT2D eigenvalue weighted by Crippen LogP contribution is -1.91. The van der Waals surface area contributed by atoms with E-state index >= 15 is 0 Å². The van der Waals surface area contributed by atoms with Crippen LogP contribution in [0.1, 0.15) is 11.1 Å². The SMILES string of the molecule is Cc1cc([N+](=O)[O-])cc(C#N)c1Cl. The molecule has 0 radical (unpaired) electrons. The molecule has 66 valence electrons. The highest BCUT2D eigenvalue weighted by atomic mass is 35.5. The van der Waals surface area contributed by atoms with Crippen LogP contribution in [0.5, 0.6) is 0 Å². The number of benzene rings is 1. The molecule has 0 amide bonds. The van der Waals surface area contributed by atoms with Gasteiger partial charge in [0.2, 0.25) is 0 Å². The fourth-order valence-electron chi connectivity index (χ4n) is 0.937. The Balaban J connectivity index is 3.41. The van der Waals surface area contributed by atoms with E-state index in [1.54, 1.807) is 13.0 Å². The maximum atomic E-state index is 10.4. The molecule has 0 fully saturated rings. The summed E-state index contributed by atoms with van der Waals surface area (Å²) in [6.07, 6.45) is 0. The molecule has 0 saturated heterocycles. The van der Waals surface area contributed by atoms with Crippen molar-refractivity contribution in [1.82, 2.24) is 0 Å². The van der Waals surface area contributed by atoms with Crippen molar-refractivity contribution < 1.29 is 4.92 Å². The molecule has 0 atom stereocenters. The van der Waals surface area contributed by atoms with Gasteiger partial charge < -0.3 is 0 Å². The summed E-state index contributed by atoms with van der Waals surface area (Å²) >= 11 is 5.72. The van der Waals surface area contributed by atoms with Gasteiger partial charge in [0.15, 0.2) is 0 Å². The molecule has 1 aromatic rings. The van der Waals surface area contributed by atoms with Crippen molar-refractivity contribution >= 4 is 17.3 Å². The van der Waals surface area contributed by atoms with Gasteiger partial charge >= 0.3 is 0 Å². The Morgan fingerprint density at radius 2 is 2.23 bits per heavy atom. The number of aryl methyl sites for hydroxylation is 1. The van der Waals surface area contributed by atoms with Gasteiger partial charge in [-0.2, -0.15) is 5.26 Å². The number of halogens is 1. The molecule has 0 aliphatic carbocycles. The lowest BCUT2D eigenvalue weighted by Gasteiger charge is -1.99. The van der Waals surface area contributed by atoms with Crippen LogP contribution in [0.4, 0.5) is 5.69 Å². The third kappa shape index (κ3) is 1.76. The molecule has 0 saturated carbocycles. The van der Waals surface area contributed by atoms with Crippen molar-refractivity contribution in [2.24, 2.45) is 0 Å². The second-order valence-electron chi connectivity index (χ2n) is 2.49. The maximum Gasteiger partial charge on any atom is 0.271 e. The number of non-ortho nitro benzene ring substituents is 1. The van der Waals surface area contributed by atoms with Crippen LogP contribution in [-0.2, 0) is 0 Å². The van der Waals surface area contributed by atoms with Crippen molar-refractivity contribution in [2.75, 3.05) is 0 Å². The summed E-state index contributed by atoms with van der Waals surface area (Å²) in [5.41, 5.74) is 0.555. The van der Waals surface area contributed by atoms with Crippen LogP contribution >= 0.6 is 11.6 Å². The molecule has 5 heteroatoms. The maximum absolute atomic E-state index is 10.4. The average Bonchev–Trinajstić information content (AvgIpc) is 2.09. The zero-order valence-corrected chi connectivity index (χ0v) is 7.50. The second-order valence-corrected chi connectivity index (χ2v) is 2.87. The molecular formula is C8H5ClN2O2. The molecule has 0 aliphatic rings. The number of hydrogen-bond donors (Lipinski definition) is 0. The van der Waals surface area contributed by atoms with E-state index in [-0.39, 0.29) is 16.3 Å². The highest BCUT2D eigenvalue weighted by molar-refractivity contribution is 6.32. The molecule has 4 nitrogen and oxygen atoms in total. The van der Waals surface area contributed by atoms with Gasteiger partial charge in [0.1, 0.15) is 6.07 Å². The van der Waals surface area contributed by atoms with E-state index < -0.39 is 4.92 Å². The van der Waals surface area contributed by atoms with Crippen LogP contribution in [0.15, 0.2) is 12.1 Å². The van der Waals surface area contributed by atoms with E-state index in [0.717, 1.165) is 6.07 Å². The molecule has 13 heavy (non-hydrogen) atoms. The van der Waals surface area contributed by atoms with Crippen LogP contribution < -0.4 is 0 Å². The number of hydrogen-bond acceptors (Lipinski definition) is 3. The fourth-order valence-corrected chi connectivity index (χ4v) is 1.09. The van der Waals surface area contributed by atoms with Crippen molar-refractivity contribution in [1.29, 1.82) is 5.26 Å². The van der Waals surface area contributed by atoms with Crippen LogP contribution in [-0.4, -0.2) is 4.92 Å². The normalized spacial score (nSPS) is 9.31. The number of nitro groups is 1. The van der Waals surface area contributed by atoms with Gasteiger partial charge in [-0.15, -0.1) is 0 Å².